The number of likely N-dealkylation sites (N-methyl/N-ethyl adjacent to an activating group) is 1. The Hall–Kier alpha value is -3.05. The number of benzene rings is 3. The molecular weight excluding hydrogens is 324 g/mol. The summed E-state index contributed by atoms with van der Waals surface area (Å²) >= 11 is 0. The monoisotopic (exact) mass is 346 g/mol. The Labute approximate surface area is 152 Å². The molecular formula is C21H22N4O. The molecule has 26 heavy (non-hydrogen) atoms. The number of aromatic nitrogens is 2. The van der Waals surface area contributed by atoms with E-state index in [2.05, 4.69) is 29.6 Å². The molecule has 0 saturated carbocycles. The number of fused-ring (bicyclic) bond motifs is 2. The molecule has 5 heteroatoms. The van der Waals surface area contributed by atoms with Crippen molar-refractivity contribution >= 4 is 21.8 Å². The van der Waals surface area contributed by atoms with Crippen LogP contribution in [-0.2, 0) is 13.3 Å². The Bertz CT molecular complexity index is 1110. The van der Waals surface area contributed by atoms with Crippen LogP contribution in [0.3, 0.4) is 0 Å². The summed E-state index contributed by atoms with van der Waals surface area (Å²) in [5, 5.41) is 14.1. The van der Waals surface area contributed by atoms with Crippen LogP contribution in [-0.4, -0.2) is 22.7 Å². The van der Waals surface area contributed by atoms with Gasteiger partial charge in [-0.25, -0.2) is 0 Å². The van der Waals surface area contributed by atoms with Gasteiger partial charge in [0.25, 0.3) is 0 Å². The number of nitrogens with one attached hydrogen (secondary N) is 2. The molecule has 132 valence electrons. The molecule has 1 heterocycles. The van der Waals surface area contributed by atoms with E-state index in [-0.39, 0.29) is 0 Å². The lowest BCUT2D eigenvalue weighted by molar-refractivity contribution is 0.233. The number of para-hydroxylation sites is 2. The second-order valence-corrected chi connectivity index (χ2v) is 6.28. The fraction of sp³-hybridized carbons (Fsp3) is 0.190. The van der Waals surface area contributed by atoms with Gasteiger partial charge in [-0.05, 0) is 42.1 Å². The summed E-state index contributed by atoms with van der Waals surface area (Å²) in [5.74, 6) is 0.808. The van der Waals surface area contributed by atoms with Crippen LogP contribution in [0.2, 0.25) is 0 Å². The summed E-state index contributed by atoms with van der Waals surface area (Å²) in [7, 11) is 1.92. The lowest BCUT2D eigenvalue weighted by Crippen LogP contribution is -2.29. The third-order valence-corrected chi connectivity index (χ3v) is 4.64. The van der Waals surface area contributed by atoms with E-state index in [4.69, 9.17) is 10.1 Å². The van der Waals surface area contributed by atoms with Crippen LogP contribution in [0.1, 0.15) is 0 Å². The first-order valence-electron chi connectivity index (χ1n) is 8.77. The van der Waals surface area contributed by atoms with Crippen molar-refractivity contribution in [2.75, 3.05) is 13.6 Å². The molecule has 4 aromatic rings. The van der Waals surface area contributed by atoms with E-state index in [1.807, 2.05) is 58.6 Å². The number of hydrogen-bond donors (Lipinski definition) is 2. The molecule has 0 radical (unpaired) electrons. The van der Waals surface area contributed by atoms with Gasteiger partial charge in [-0.15, -0.1) is 0 Å². The van der Waals surface area contributed by atoms with Crippen LogP contribution >= 0.6 is 0 Å². The standard InChI is InChI=1S/C21H22N4O/c1-23-12-13-24-19-8-4-5-9-20(19)25(21(24)22)15-26-18-11-10-16-6-2-3-7-17(16)14-18/h2-11,14,22-23H,12-13,15H2,1H3. The topological polar surface area (TPSA) is 55.0 Å². The first kappa shape index (κ1) is 16.4. The predicted octanol–water partition coefficient (Wildman–Crippen LogP) is 3.33. The van der Waals surface area contributed by atoms with E-state index < -0.39 is 0 Å². The average Bonchev–Trinajstić information content (AvgIpc) is 2.95. The third kappa shape index (κ3) is 2.97. The van der Waals surface area contributed by atoms with E-state index in [9.17, 15) is 0 Å². The molecule has 0 aliphatic heterocycles. The smallest absolute Gasteiger partial charge is 0.205 e. The van der Waals surface area contributed by atoms with Crippen molar-refractivity contribution in [1.29, 1.82) is 5.41 Å². The number of ether oxygens (including phenoxy) is 1. The molecule has 0 aliphatic rings. The van der Waals surface area contributed by atoms with Gasteiger partial charge in [0.2, 0.25) is 5.62 Å². The quantitative estimate of drug-likeness (QED) is 0.563. The summed E-state index contributed by atoms with van der Waals surface area (Å²) in [6, 6.07) is 22.4. The van der Waals surface area contributed by atoms with Gasteiger partial charge in [-0.1, -0.05) is 42.5 Å². The van der Waals surface area contributed by atoms with E-state index in [0.29, 0.717) is 12.3 Å². The lowest BCUT2D eigenvalue weighted by Gasteiger charge is -2.09. The Morgan fingerprint density at radius 1 is 0.885 bits per heavy atom. The minimum atomic E-state index is 0.310. The Morgan fingerprint density at radius 2 is 1.58 bits per heavy atom. The van der Waals surface area contributed by atoms with Crippen LogP contribution < -0.4 is 15.7 Å². The van der Waals surface area contributed by atoms with Gasteiger partial charge in [-0.2, -0.15) is 0 Å². The maximum atomic E-state index is 8.57. The Kier molecular flexibility index (Phi) is 4.46. The van der Waals surface area contributed by atoms with Gasteiger partial charge in [0.1, 0.15) is 5.75 Å². The fourth-order valence-electron chi connectivity index (χ4n) is 3.27. The SMILES string of the molecule is CNCCn1c(=N)n(COc2ccc3ccccc3c2)c2ccccc21. The molecule has 0 fully saturated rings. The number of imidazole rings is 1. The summed E-state index contributed by atoms with van der Waals surface area (Å²) in [5.41, 5.74) is 2.51. The highest BCUT2D eigenvalue weighted by atomic mass is 16.5. The van der Waals surface area contributed by atoms with E-state index >= 15 is 0 Å². The molecule has 2 N–H and O–H groups in total. The molecule has 1 aromatic heterocycles. The molecule has 0 amide bonds. The molecule has 0 atom stereocenters. The zero-order valence-electron chi connectivity index (χ0n) is 14.8. The minimum absolute atomic E-state index is 0.310. The zero-order valence-corrected chi connectivity index (χ0v) is 14.8. The van der Waals surface area contributed by atoms with Gasteiger partial charge in [0.15, 0.2) is 6.73 Å². The van der Waals surface area contributed by atoms with Crippen LogP contribution in [0, 0.1) is 5.41 Å². The maximum absolute atomic E-state index is 8.57. The van der Waals surface area contributed by atoms with E-state index in [0.717, 1.165) is 35.3 Å². The maximum Gasteiger partial charge on any atom is 0.205 e. The summed E-state index contributed by atoms with van der Waals surface area (Å²) < 4.78 is 9.93. The summed E-state index contributed by atoms with van der Waals surface area (Å²) in [4.78, 5) is 0. The van der Waals surface area contributed by atoms with Crippen LogP contribution in [0.15, 0.2) is 66.7 Å². The molecule has 0 spiro atoms. The van der Waals surface area contributed by atoms with Crippen molar-refractivity contribution in [3.8, 4) is 5.75 Å². The first-order chi connectivity index (χ1) is 12.8. The van der Waals surface area contributed by atoms with Gasteiger partial charge in [0, 0.05) is 13.1 Å². The third-order valence-electron chi connectivity index (χ3n) is 4.64. The van der Waals surface area contributed by atoms with Crippen molar-refractivity contribution in [3.05, 3.63) is 72.3 Å². The second kappa shape index (κ2) is 7.06. The number of hydrogen-bond acceptors (Lipinski definition) is 3. The molecule has 0 saturated heterocycles. The molecule has 0 aliphatic carbocycles. The van der Waals surface area contributed by atoms with Crippen molar-refractivity contribution < 1.29 is 4.74 Å². The number of rotatable bonds is 6. The summed E-state index contributed by atoms with van der Waals surface area (Å²) in [6.07, 6.45) is 0. The fourth-order valence-corrected chi connectivity index (χ4v) is 3.27. The molecule has 3 aromatic carbocycles. The lowest BCUT2D eigenvalue weighted by atomic mass is 10.1. The summed E-state index contributed by atoms with van der Waals surface area (Å²) in [6.45, 7) is 1.87. The average molecular weight is 346 g/mol. The zero-order chi connectivity index (χ0) is 17.9. The Morgan fingerprint density at radius 3 is 2.35 bits per heavy atom. The second-order valence-electron chi connectivity index (χ2n) is 6.28. The highest BCUT2D eigenvalue weighted by molar-refractivity contribution is 5.83. The van der Waals surface area contributed by atoms with Gasteiger partial charge < -0.3 is 14.6 Å². The molecule has 0 unspecified atom stereocenters. The highest BCUT2D eigenvalue weighted by Crippen LogP contribution is 2.21. The van der Waals surface area contributed by atoms with Crippen LogP contribution in [0.4, 0.5) is 0 Å². The minimum Gasteiger partial charge on any atom is -0.473 e. The van der Waals surface area contributed by atoms with E-state index in [1.54, 1.807) is 0 Å². The van der Waals surface area contributed by atoms with Crippen molar-refractivity contribution in [1.82, 2.24) is 14.5 Å². The van der Waals surface area contributed by atoms with Crippen LogP contribution in [0.5, 0.6) is 5.75 Å². The molecule has 0 bridgehead atoms. The van der Waals surface area contributed by atoms with Crippen molar-refractivity contribution in [2.24, 2.45) is 0 Å². The normalized spacial score (nSPS) is 11.3. The van der Waals surface area contributed by atoms with E-state index in [1.165, 1.54) is 5.39 Å². The Balaban J connectivity index is 1.66. The van der Waals surface area contributed by atoms with Crippen molar-refractivity contribution in [2.45, 2.75) is 13.3 Å². The molecule has 4 rings (SSSR count). The first-order valence-corrected chi connectivity index (χ1v) is 8.77. The molecule has 5 nitrogen and oxygen atoms in total. The number of nitrogens with zero attached hydrogens (tertiary/aromatic N) is 2. The van der Waals surface area contributed by atoms with Gasteiger partial charge in [0.05, 0.1) is 11.0 Å². The van der Waals surface area contributed by atoms with Crippen LogP contribution in [0.25, 0.3) is 21.8 Å². The largest absolute Gasteiger partial charge is 0.473 e. The highest BCUT2D eigenvalue weighted by Gasteiger charge is 2.10. The van der Waals surface area contributed by atoms with Crippen molar-refractivity contribution in [3.63, 3.8) is 0 Å². The van der Waals surface area contributed by atoms with Gasteiger partial charge in [-0.3, -0.25) is 9.98 Å². The predicted molar refractivity (Wildman–Crippen MR) is 104 cm³/mol. The van der Waals surface area contributed by atoms with Gasteiger partial charge >= 0.3 is 0 Å².